The Bertz CT molecular complexity index is 593. The molecule has 0 aliphatic heterocycles. The number of aromatic nitrogens is 3. The monoisotopic (exact) mass is 394 g/mol. The molecule has 0 atom stereocenters. The van der Waals surface area contributed by atoms with Gasteiger partial charge in [-0.3, -0.25) is 0 Å². The number of nitrogen functional groups attached to an aromatic ring is 1. The summed E-state index contributed by atoms with van der Waals surface area (Å²) < 4.78 is 2.11. The Hall–Kier alpha value is -0.540. The van der Waals surface area contributed by atoms with Crippen molar-refractivity contribution in [2.75, 3.05) is 18.1 Å². The summed E-state index contributed by atoms with van der Waals surface area (Å²) >= 11 is 5.49. The molecule has 0 saturated heterocycles. The number of nitrogens with zero attached hydrogens (tertiary/aromatic N) is 3. The number of hydrogen-bond acceptors (Lipinski definition) is 7. The standard InChI is InChI=1S/C12H17N4OS.C2H6S2.ClH/c1-8-11(3-4-17)18-7-16(8)6-10-5-14-9(2)15-12(10)13;1-2-4-3;/h5,7,17H,3-4,6H2,1-2H3,(H2,13,14,15);3H,2H2,1H3;1H/q+1;;/p-1. The number of rotatable bonds is 5. The molecule has 0 fully saturated rings. The Morgan fingerprint density at radius 3 is 2.61 bits per heavy atom. The molecule has 0 aromatic carbocycles. The van der Waals surface area contributed by atoms with E-state index in [1.807, 2.05) is 19.4 Å². The van der Waals surface area contributed by atoms with Gasteiger partial charge in [-0.1, -0.05) is 29.1 Å². The zero-order chi connectivity index (χ0) is 16.5. The van der Waals surface area contributed by atoms with Crippen LogP contribution in [0.4, 0.5) is 5.82 Å². The first-order valence-corrected chi connectivity index (χ1v) is 9.86. The van der Waals surface area contributed by atoms with Crippen molar-refractivity contribution in [1.29, 1.82) is 0 Å². The van der Waals surface area contributed by atoms with Crippen LogP contribution in [0.15, 0.2) is 11.7 Å². The number of thiol groups is 1. The number of thiazole rings is 1. The summed E-state index contributed by atoms with van der Waals surface area (Å²) in [7, 11) is 1.55. The van der Waals surface area contributed by atoms with Gasteiger partial charge in [0.15, 0.2) is 12.2 Å². The maximum Gasteiger partial charge on any atom is 0.225 e. The van der Waals surface area contributed by atoms with E-state index >= 15 is 0 Å². The number of halogens is 1. The molecule has 9 heteroatoms. The molecule has 0 bridgehead atoms. The number of aliphatic hydroxyl groups excluding tert-OH is 1. The van der Waals surface area contributed by atoms with Crippen LogP contribution in [0.5, 0.6) is 0 Å². The van der Waals surface area contributed by atoms with E-state index in [4.69, 9.17) is 10.8 Å². The van der Waals surface area contributed by atoms with E-state index in [1.165, 1.54) is 4.88 Å². The van der Waals surface area contributed by atoms with Crippen molar-refractivity contribution in [3.63, 3.8) is 0 Å². The quantitative estimate of drug-likeness (QED) is 0.351. The fourth-order valence-electron chi connectivity index (χ4n) is 1.77. The number of nitrogens with two attached hydrogens (primary N) is 1. The van der Waals surface area contributed by atoms with E-state index in [0.717, 1.165) is 17.0 Å². The van der Waals surface area contributed by atoms with Gasteiger partial charge < -0.3 is 23.2 Å². The first kappa shape index (κ1) is 22.5. The van der Waals surface area contributed by atoms with Crippen LogP contribution in [0.3, 0.4) is 0 Å². The average Bonchev–Trinajstić information content (AvgIpc) is 2.84. The highest BCUT2D eigenvalue weighted by Crippen LogP contribution is 2.13. The highest BCUT2D eigenvalue weighted by atomic mass is 35.5. The molecule has 2 aromatic rings. The third-order valence-corrected chi connectivity index (χ3v) is 5.16. The summed E-state index contributed by atoms with van der Waals surface area (Å²) in [5, 5.41) is 8.98. The van der Waals surface area contributed by atoms with Crippen LogP contribution in [0.25, 0.3) is 0 Å². The van der Waals surface area contributed by atoms with Gasteiger partial charge in [0.1, 0.15) is 11.6 Å². The zero-order valence-electron chi connectivity index (χ0n) is 13.5. The maximum absolute atomic E-state index is 8.98. The van der Waals surface area contributed by atoms with Crippen molar-refractivity contribution in [2.24, 2.45) is 0 Å². The van der Waals surface area contributed by atoms with Gasteiger partial charge in [0.25, 0.3) is 0 Å². The molecule has 0 unspecified atom stereocenters. The fraction of sp³-hybridized carbons (Fsp3) is 0.500. The maximum atomic E-state index is 8.98. The molecule has 2 aromatic heterocycles. The number of anilines is 1. The molecule has 23 heavy (non-hydrogen) atoms. The van der Waals surface area contributed by atoms with Gasteiger partial charge in [-0.05, 0) is 6.92 Å². The second-order valence-electron chi connectivity index (χ2n) is 4.58. The first-order chi connectivity index (χ1) is 10.5. The van der Waals surface area contributed by atoms with Gasteiger partial charge in [0, 0.05) is 31.9 Å². The molecule has 0 radical (unpaired) electrons. The van der Waals surface area contributed by atoms with Crippen LogP contribution >= 0.6 is 33.8 Å². The lowest BCUT2D eigenvalue weighted by Gasteiger charge is -2.01. The van der Waals surface area contributed by atoms with Gasteiger partial charge in [0.05, 0.1) is 10.4 Å². The zero-order valence-corrected chi connectivity index (χ0v) is 16.8. The Labute approximate surface area is 157 Å². The molecule has 130 valence electrons. The average molecular weight is 395 g/mol. The summed E-state index contributed by atoms with van der Waals surface area (Å²) in [6.45, 7) is 6.78. The molecule has 2 rings (SSSR count). The smallest absolute Gasteiger partial charge is 0.225 e. The predicted octanol–water partition coefficient (Wildman–Crippen LogP) is -0.804. The predicted molar refractivity (Wildman–Crippen MR) is 97.4 cm³/mol. The number of aliphatic hydroxyl groups is 1. The summed E-state index contributed by atoms with van der Waals surface area (Å²) in [6, 6.07) is 0. The van der Waals surface area contributed by atoms with E-state index in [9.17, 15) is 0 Å². The van der Waals surface area contributed by atoms with Crippen molar-refractivity contribution >= 4 is 39.6 Å². The topological polar surface area (TPSA) is 75.9 Å². The Morgan fingerprint density at radius 2 is 2.09 bits per heavy atom. The summed E-state index contributed by atoms with van der Waals surface area (Å²) in [6.07, 6.45) is 2.47. The van der Waals surface area contributed by atoms with Gasteiger partial charge in [-0.2, -0.15) is 4.57 Å². The van der Waals surface area contributed by atoms with Crippen LogP contribution < -0.4 is 22.7 Å². The Morgan fingerprint density at radius 1 is 1.43 bits per heavy atom. The van der Waals surface area contributed by atoms with E-state index in [0.29, 0.717) is 24.6 Å². The molecule has 2 heterocycles. The molecule has 3 N–H and O–H groups in total. The minimum Gasteiger partial charge on any atom is -1.00 e. The van der Waals surface area contributed by atoms with Crippen LogP contribution in [-0.2, 0) is 13.0 Å². The molecule has 5 nitrogen and oxygen atoms in total. The highest BCUT2D eigenvalue weighted by molar-refractivity contribution is 8.68. The number of aryl methyl sites for hydroxylation is 1. The fourth-order valence-corrected chi connectivity index (χ4v) is 2.75. The third kappa shape index (κ3) is 7.26. The lowest BCUT2D eigenvalue weighted by Crippen LogP contribution is -3.00. The van der Waals surface area contributed by atoms with Crippen LogP contribution in [0.1, 0.15) is 28.9 Å². The first-order valence-electron chi connectivity index (χ1n) is 6.95. The largest absolute Gasteiger partial charge is 1.00 e. The van der Waals surface area contributed by atoms with Crippen molar-refractivity contribution in [2.45, 2.75) is 33.7 Å². The van der Waals surface area contributed by atoms with Crippen LogP contribution in [0.2, 0.25) is 0 Å². The van der Waals surface area contributed by atoms with E-state index < -0.39 is 0 Å². The van der Waals surface area contributed by atoms with Gasteiger partial charge >= 0.3 is 0 Å². The SMILES string of the molecule is CCSS.Cc1ncc(C[n+]2csc(CCO)c2C)c(N)n1.[Cl-]. The minimum absolute atomic E-state index is 0. The summed E-state index contributed by atoms with van der Waals surface area (Å²) in [5.41, 5.74) is 10.0. The lowest BCUT2D eigenvalue weighted by atomic mass is 10.2. The summed E-state index contributed by atoms with van der Waals surface area (Å²) in [4.78, 5) is 9.53. The second-order valence-corrected chi connectivity index (χ2v) is 7.13. The van der Waals surface area contributed by atoms with Crippen molar-refractivity contribution in [3.8, 4) is 0 Å². The highest BCUT2D eigenvalue weighted by Gasteiger charge is 2.16. The normalized spacial score (nSPS) is 9.78. The van der Waals surface area contributed by atoms with Crippen molar-refractivity contribution in [3.05, 3.63) is 33.7 Å². The third-order valence-electron chi connectivity index (χ3n) is 2.98. The van der Waals surface area contributed by atoms with Crippen molar-refractivity contribution in [1.82, 2.24) is 9.97 Å². The lowest BCUT2D eigenvalue weighted by molar-refractivity contribution is -0.689. The summed E-state index contributed by atoms with van der Waals surface area (Å²) in [5.74, 6) is 2.32. The van der Waals surface area contributed by atoms with E-state index in [-0.39, 0.29) is 19.0 Å². The Kier molecular flexibility index (Phi) is 11.6. The van der Waals surface area contributed by atoms with E-state index in [1.54, 1.807) is 28.3 Å². The van der Waals surface area contributed by atoms with Gasteiger partial charge in [-0.15, -0.1) is 11.7 Å². The van der Waals surface area contributed by atoms with Gasteiger partial charge in [0.2, 0.25) is 5.51 Å². The van der Waals surface area contributed by atoms with Crippen LogP contribution in [-0.4, -0.2) is 27.4 Å². The van der Waals surface area contributed by atoms with Crippen LogP contribution in [0, 0.1) is 13.8 Å². The molecule has 0 saturated carbocycles. The minimum atomic E-state index is 0. The number of hydrogen-bond donors (Lipinski definition) is 3. The van der Waals surface area contributed by atoms with E-state index in [2.05, 4.69) is 33.1 Å². The molecular formula is C14H23ClN4OS3. The van der Waals surface area contributed by atoms with Gasteiger partial charge in [-0.25, -0.2) is 9.97 Å². The molecule has 0 amide bonds. The molecular weight excluding hydrogens is 372 g/mol. The molecule has 0 aliphatic rings. The van der Waals surface area contributed by atoms with Crippen molar-refractivity contribution < 1.29 is 22.1 Å². The molecule has 0 aliphatic carbocycles. The Balaban J connectivity index is 0.000000871. The second kappa shape index (κ2) is 11.9. The molecule has 0 spiro atoms.